The molecule has 1 amide bonds. The van der Waals surface area contributed by atoms with Crippen LogP contribution >= 0.6 is 0 Å². The first-order valence-electron chi connectivity index (χ1n) is 7.31. The molecule has 4 aliphatic carbocycles. The Balaban J connectivity index is 1.69. The van der Waals surface area contributed by atoms with Gasteiger partial charge in [0.25, 0.3) is 0 Å². The molecule has 4 bridgehead atoms. The van der Waals surface area contributed by atoms with Crippen molar-refractivity contribution in [3.05, 3.63) is 0 Å². The maximum absolute atomic E-state index is 12.6. The van der Waals surface area contributed by atoms with Crippen LogP contribution in [0.25, 0.3) is 0 Å². The molecule has 4 saturated carbocycles. The first kappa shape index (κ1) is 12.0. The molecule has 0 aromatic carbocycles. The van der Waals surface area contributed by atoms with E-state index in [2.05, 4.69) is 6.07 Å². The Bertz CT molecular complexity index is 356. The summed E-state index contributed by atoms with van der Waals surface area (Å²) >= 11 is 0. The van der Waals surface area contributed by atoms with E-state index in [1.165, 1.54) is 32.1 Å². The average Bonchev–Trinajstić information content (AvgIpc) is 2.34. The summed E-state index contributed by atoms with van der Waals surface area (Å²) in [6, 6.07) is 2.13. The zero-order chi connectivity index (χ0) is 12.7. The van der Waals surface area contributed by atoms with Gasteiger partial charge in [-0.05, 0) is 55.8 Å². The predicted molar refractivity (Wildman–Crippen MR) is 68.4 cm³/mol. The van der Waals surface area contributed by atoms with E-state index in [0.29, 0.717) is 30.7 Å². The van der Waals surface area contributed by atoms with Crippen LogP contribution in [0.2, 0.25) is 0 Å². The van der Waals surface area contributed by atoms with E-state index in [4.69, 9.17) is 5.26 Å². The number of rotatable bonds is 3. The lowest BCUT2D eigenvalue weighted by atomic mass is 9.51. The van der Waals surface area contributed by atoms with Gasteiger partial charge in [0.15, 0.2) is 0 Å². The Kier molecular flexibility index (Phi) is 3.05. The van der Waals surface area contributed by atoms with Crippen molar-refractivity contribution in [2.45, 2.75) is 38.5 Å². The zero-order valence-electron chi connectivity index (χ0n) is 11.1. The van der Waals surface area contributed by atoms with E-state index in [1.807, 2.05) is 7.05 Å². The molecule has 3 heteroatoms. The fourth-order valence-corrected chi connectivity index (χ4v) is 4.91. The Hall–Kier alpha value is -1.04. The van der Waals surface area contributed by atoms with Gasteiger partial charge in [0.05, 0.1) is 12.5 Å². The number of hydrogen-bond donors (Lipinski definition) is 0. The van der Waals surface area contributed by atoms with Crippen molar-refractivity contribution >= 4 is 5.91 Å². The van der Waals surface area contributed by atoms with E-state index < -0.39 is 0 Å². The Morgan fingerprint density at radius 3 is 2.22 bits per heavy atom. The molecule has 0 aliphatic heterocycles. The minimum absolute atomic E-state index is 0.279. The van der Waals surface area contributed by atoms with E-state index in [9.17, 15) is 4.79 Å². The highest BCUT2D eigenvalue weighted by molar-refractivity contribution is 5.79. The molecule has 0 aromatic heterocycles. The van der Waals surface area contributed by atoms with E-state index >= 15 is 0 Å². The molecule has 4 aliphatic rings. The molecule has 4 rings (SSSR count). The summed E-state index contributed by atoms with van der Waals surface area (Å²) < 4.78 is 0. The molecule has 0 unspecified atom stereocenters. The maximum atomic E-state index is 12.6. The zero-order valence-corrected chi connectivity index (χ0v) is 11.1. The maximum Gasteiger partial charge on any atom is 0.226 e. The monoisotopic (exact) mass is 246 g/mol. The van der Waals surface area contributed by atoms with Gasteiger partial charge in [0, 0.05) is 19.5 Å². The van der Waals surface area contributed by atoms with Crippen molar-refractivity contribution in [2.75, 3.05) is 13.6 Å². The summed E-state index contributed by atoms with van der Waals surface area (Å²) in [6.07, 6.45) is 7.03. The van der Waals surface area contributed by atoms with Gasteiger partial charge in [-0.2, -0.15) is 5.26 Å². The fourth-order valence-electron chi connectivity index (χ4n) is 4.91. The third-order valence-corrected chi connectivity index (χ3v) is 5.45. The van der Waals surface area contributed by atoms with Gasteiger partial charge in [-0.1, -0.05) is 0 Å². The summed E-state index contributed by atoms with van der Waals surface area (Å²) in [5, 5.41) is 8.62. The lowest BCUT2D eigenvalue weighted by molar-refractivity contribution is -0.147. The summed E-state index contributed by atoms with van der Waals surface area (Å²) in [7, 11) is 1.87. The fraction of sp³-hybridized carbons (Fsp3) is 0.867. The summed E-state index contributed by atoms with van der Waals surface area (Å²) in [5.41, 5.74) is 0. The van der Waals surface area contributed by atoms with Gasteiger partial charge in [-0.15, -0.1) is 0 Å². The summed E-state index contributed by atoms with van der Waals surface area (Å²) in [6.45, 7) is 0.595. The second kappa shape index (κ2) is 4.57. The van der Waals surface area contributed by atoms with Crippen molar-refractivity contribution in [1.82, 2.24) is 4.90 Å². The SMILES string of the molecule is CN(CCC#N)C(=O)C1C2CC3CC(C2)CC1C3. The first-order valence-corrected chi connectivity index (χ1v) is 7.31. The van der Waals surface area contributed by atoms with Crippen molar-refractivity contribution < 1.29 is 4.79 Å². The van der Waals surface area contributed by atoms with Crippen LogP contribution in [0.4, 0.5) is 0 Å². The van der Waals surface area contributed by atoms with Crippen molar-refractivity contribution in [2.24, 2.45) is 29.6 Å². The second-order valence-corrected chi connectivity index (χ2v) is 6.62. The third-order valence-electron chi connectivity index (χ3n) is 5.45. The highest BCUT2D eigenvalue weighted by Gasteiger charge is 2.51. The highest BCUT2D eigenvalue weighted by Crippen LogP contribution is 2.56. The van der Waals surface area contributed by atoms with E-state index in [1.54, 1.807) is 4.90 Å². The standard InChI is InChI=1S/C15H22N2O/c1-17(4-2-3-16)15(18)14-12-6-10-5-11(8-12)9-13(14)7-10/h10-14H,2,4-9H2,1H3. The molecule has 0 spiro atoms. The molecular weight excluding hydrogens is 224 g/mol. The smallest absolute Gasteiger partial charge is 0.226 e. The normalized spacial score (nSPS) is 40.6. The summed E-state index contributed by atoms with van der Waals surface area (Å²) in [4.78, 5) is 14.4. The van der Waals surface area contributed by atoms with Crippen LogP contribution in [0.3, 0.4) is 0 Å². The number of nitriles is 1. The van der Waals surface area contributed by atoms with Crippen LogP contribution in [-0.2, 0) is 4.79 Å². The van der Waals surface area contributed by atoms with E-state index in [-0.39, 0.29) is 5.92 Å². The van der Waals surface area contributed by atoms with Gasteiger partial charge in [-0.25, -0.2) is 0 Å². The minimum Gasteiger partial charge on any atom is -0.344 e. The molecule has 0 N–H and O–H groups in total. The van der Waals surface area contributed by atoms with Crippen LogP contribution in [-0.4, -0.2) is 24.4 Å². The van der Waals surface area contributed by atoms with Gasteiger partial charge in [-0.3, -0.25) is 4.79 Å². The molecule has 18 heavy (non-hydrogen) atoms. The largest absolute Gasteiger partial charge is 0.344 e. The minimum atomic E-state index is 0.279. The van der Waals surface area contributed by atoms with Gasteiger partial charge >= 0.3 is 0 Å². The Morgan fingerprint density at radius 2 is 1.72 bits per heavy atom. The molecule has 0 atom stereocenters. The number of nitrogens with zero attached hydrogens (tertiary/aromatic N) is 2. The molecule has 0 saturated heterocycles. The van der Waals surface area contributed by atoms with Crippen molar-refractivity contribution in [1.29, 1.82) is 5.26 Å². The number of carbonyl (C=O) groups is 1. The number of carbonyl (C=O) groups excluding carboxylic acids is 1. The molecule has 4 fully saturated rings. The van der Waals surface area contributed by atoms with Gasteiger partial charge in [0.1, 0.15) is 0 Å². The van der Waals surface area contributed by atoms with Crippen LogP contribution in [0, 0.1) is 40.9 Å². The average molecular weight is 246 g/mol. The molecule has 0 aromatic rings. The first-order chi connectivity index (χ1) is 8.69. The Morgan fingerprint density at radius 1 is 1.17 bits per heavy atom. The van der Waals surface area contributed by atoms with Crippen LogP contribution in [0.15, 0.2) is 0 Å². The molecule has 0 radical (unpaired) electrons. The second-order valence-electron chi connectivity index (χ2n) is 6.62. The van der Waals surface area contributed by atoms with Gasteiger partial charge in [0.2, 0.25) is 5.91 Å². The van der Waals surface area contributed by atoms with E-state index in [0.717, 1.165) is 11.8 Å². The highest BCUT2D eigenvalue weighted by atomic mass is 16.2. The number of amides is 1. The lowest BCUT2D eigenvalue weighted by Gasteiger charge is -2.54. The van der Waals surface area contributed by atoms with Crippen molar-refractivity contribution in [3.8, 4) is 6.07 Å². The van der Waals surface area contributed by atoms with Crippen molar-refractivity contribution in [3.63, 3.8) is 0 Å². The molecule has 3 nitrogen and oxygen atoms in total. The van der Waals surface area contributed by atoms with Crippen LogP contribution in [0.5, 0.6) is 0 Å². The predicted octanol–water partition coefficient (Wildman–Crippen LogP) is 2.43. The van der Waals surface area contributed by atoms with Crippen LogP contribution < -0.4 is 0 Å². The molecule has 0 heterocycles. The van der Waals surface area contributed by atoms with Crippen LogP contribution in [0.1, 0.15) is 38.5 Å². The molecular formula is C15H22N2O. The lowest BCUT2D eigenvalue weighted by Crippen LogP contribution is -2.51. The Labute approximate surface area is 109 Å². The van der Waals surface area contributed by atoms with Gasteiger partial charge < -0.3 is 4.90 Å². The number of hydrogen-bond acceptors (Lipinski definition) is 2. The third kappa shape index (κ3) is 1.92. The molecule has 98 valence electrons. The quantitative estimate of drug-likeness (QED) is 0.767. The summed E-state index contributed by atoms with van der Waals surface area (Å²) in [5.74, 6) is 3.74. The topological polar surface area (TPSA) is 44.1 Å².